The molecule has 0 saturated heterocycles. The van der Waals surface area contributed by atoms with Gasteiger partial charge in [-0.2, -0.15) is 0 Å². The molecule has 0 radical (unpaired) electrons. The molecule has 0 bridgehead atoms. The van der Waals surface area contributed by atoms with E-state index in [0.717, 1.165) is 12.4 Å². The normalized spacial score (nSPS) is 20.0. The van der Waals surface area contributed by atoms with Crippen molar-refractivity contribution in [2.75, 3.05) is 0 Å². The molecule has 6 N–H and O–H groups in total. The third-order valence-electron chi connectivity index (χ3n) is 3.57. The van der Waals surface area contributed by atoms with Crippen molar-refractivity contribution >= 4 is 0 Å². The second kappa shape index (κ2) is 8.47. The van der Waals surface area contributed by atoms with Crippen LogP contribution in [0.25, 0.3) is 0 Å². The van der Waals surface area contributed by atoms with E-state index in [1.807, 2.05) is 0 Å². The van der Waals surface area contributed by atoms with E-state index in [1.54, 1.807) is 13.8 Å². The highest BCUT2D eigenvalue weighted by atomic mass is 16.4. The maximum Gasteiger partial charge on any atom is 0.126 e. The Hall–Kier alpha value is -1.16. The molecule has 1 heterocycles. The van der Waals surface area contributed by atoms with E-state index in [-0.39, 0.29) is 24.2 Å². The predicted octanol–water partition coefficient (Wildman–Crippen LogP) is -1.19. The monoisotopic (exact) mass is 316 g/mol. The van der Waals surface area contributed by atoms with Crippen LogP contribution in [0.3, 0.4) is 0 Å². The van der Waals surface area contributed by atoms with Crippen molar-refractivity contribution in [1.29, 1.82) is 0 Å². The Labute approximate surface area is 128 Å². The van der Waals surface area contributed by atoms with E-state index in [2.05, 4.69) is 9.97 Å². The van der Waals surface area contributed by atoms with Crippen LogP contribution in [0.5, 0.6) is 0 Å². The highest BCUT2D eigenvalue weighted by Crippen LogP contribution is 2.21. The number of nitrogens with zero attached hydrogens (tertiary/aromatic N) is 2. The summed E-state index contributed by atoms with van der Waals surface area (Å²) in [5.41, 5.74) is 0.0583. The van der Waals surface area contributed by atoms with Gasteiger partial charge in [0.25, 0.3) is 0 Å². The first-order valence-corrected chi connectivity index (χ1v) is 7.23. The SMILES string of the molecule is CCC(O)C(O)C(O)c1cnc(C(O)C(O)C(O)CC)cn1. The molecule has 0 spiro atoms. The van der Waals surface area contributed by atoms with E-state index >= 15 is 0 Å². The standard InChI is InChI=1S/C14H24N2O6/c1-3-9(17)13(21)11(19)7-5-16-8(6-15-7)12(20)14(22)10(18)4-2/h5-6,9-14,17-22H,3-4H2,1-2H3. The van der Waals surface area contributed by atoms with Crippen LogP contribution in [0.1, 0.15) is 50.3 Å². The lowest BCUT2D eigenvalue weighted by Crippen LogP contribution is -2.33. The van der Waals surface area contributed by atoms with Crippen molar-refractivity contribution in [1.82, 2.24) is 9.97 Å². The van der Waals surface area contributed by atoms with Gasteiger partial charge in [-0.1, -0.05) is 13.8 Å². The van der Waals surface area contributed by atoms with E-state index in [4.69, 9.17) is 0 Å². The fraction of sp³-hybridized carbons (Fsp3) is 0.714. The van der Waals surface area contributed by atoms with Gasteiger partial charge in [-0.25, -0.2) is 0 Å². The maximum atomic E-state index is 9.89. The van der Waals surface area contributed by atoms with Crippen molar-refractivity contribution in [3.8, 4) is 0 Å². The number of aliphatic hydroxyl groups excluding tert-OH is 6. The molecule has 0 aromatic carbocycles. The molecule has 1 rings (SSSR count). The summed E-state index contributed by atoms with van der Waals surface area (Å²) in [4.78, 5) is 7.74. The Kier molecular flexibility index (Phi) is 7.27. The zero-order valence-electron chi connectivity index (χ0n) is 12.6. The number of aliphatic hydroxyl groups is 6. The summed E-state index contributed by atoms with van der Waals surface area (Å²) < 4.78 is 0. The van der Waals surface area contributed by atoms with Gasteiger partial charge in [0.05, 0.1) is 36.0 Å². The zero-order valence-corrected chi connectivity index (χ0v) is 12.6. The molecule has 22 heavy (non-hydrogen) atoms. The quantitative estimate of drug-likeness (QED) is 0.351. The van der Waals surface area contributed by atoms with Crippen LogP contribution in [-0.2, 0) is 0 Å². The highest BCUT2D eigenvalue weighted by molar-refractivity contribution is 5.10. The Morgan fingerprint density at radius 1 is 0.727 bits per heavy atom. The third kappa shape index (κ3) is 4.42. The predicted molar refractivity (Wildman–Crippen MR) is 76.6 cm³/mol. The fourth-order valence-corrected chi connectivity index (χ4v) is 1.91. The van der Waals surface area contributed by atoms with Gasteiger partial charge in [-0.15, -0.1) is 0 Å². The third-order valence-corrected chi connectivity index (χ3v) is 3.57. The fourth-order valence-electron chi connectivity index (χ4n) is 1.91. The van der Waals surface area contributed by atoms with Gasteiger partial charge in [-0.05, 0) is 12.8 Å². The van der Waals surface area contributed by atoms with Gasteiger partial charge >= 0.3 is 0 Å². The lowest BCUT2D eigenvalue weighted by atomic mass is 10.0. The molecule has 6 atom stereocenters. The van der Waals surface area contributed by atoms with E-state index < -0.39 is 36.6 Å². The van der Waals surface area contributed by atoms with Gasteiger partial charge in [0.15, 0.2) is 0 Å². The molecule has 6 unspecified atom stereocenters. The Morgan fingerprint density at radius 2 is 1.05 bits per heavy atom. The molecule has 0 amide bonds. The Morgan fingerprint density at radius 3 is 1.27 bits per heavy atom. The number of hydrogen-bond acceptors (Lipinski definition) is 8. The summed E-state index contributed by atoms with van der Waals surface area (Å²) in [5, 5.41) is 58.2. The summed E-state index contributed by atoms with van der Waals surface area (Å²) in [5.74, 6) is 0. The van der Waals surface area contributed by atoms with Gasteiger partial charge in [0.2, 0.25) is 0 Å². The first kappa shape index (κ1) is 18.9. The maximum absolute atomic E-state index is 9.89. The first-order chi connectivity index (χ1) is 10.3. The molecule has 0 aliphatic carbocycles. The lowest BCUT2D eigenvalue weighted by Gasteiger charge is -2.23. The van der Waals surface area contributed by atoms with E-state index in [1.165, 1.54) is 0 Å². The Bertz CT molecular complexity index is 402. The van der Waals surface area contributed by atoms with Gasteiger partial charge in [0.1, 0.15) is 24.4 Å². The second-order valence-electron chi connectivity index (χ2n) is 5.19. The molecule has 0 aliphatic heterocycles. The molecule has 0 aliphatic rings. The van der Waals surface area contributed by atoms with Crippen LogP contribution in [0, 0.1) is 0 Å². The van der Waals surface area contributed by atoms with Crippen LogP contribution < -0.4 is 0 Å². The molecule has 1 aromatic heterocycles. The number of rotatable bonds is 8. The molecule has 8 nitrogen and oxygen atoms in total. The Balaban J connectivity index is 2.82. The van der Waals surface area contributed by atoms with Crippen molar-refractivity contribution in [3.63, 3.8) is 0 Å². The van der Waals surface area contributed by atoms with Gasteiger partial charge in [-0.3, -0.25) is 9.97 Å². The largest absolute Gasteiger partial charge is 0.390 e. The molecular formula is C14H24N2O6. The van der Waals surface area contributed by atoms with Crippen LogP contribution in [0.15, 0.2) is 12.4 Å². The average molecular weight is 316 g/mol. The summed E-state index contributed by atoms with van der Waals surface area (Å²) in [7, 11) is 0. The van der Waals surface area contributed by atoms with Gasteiger partial charge in [0, 0.05) is 0 Å². The van der Waals surface area contributed by atoms with Crippen LogP contribution in [0.4, 0.5) is 0 Å². The van der Waals surface area contributed by atoms with Crippen molar-refractivity contribution in [3.05, 3.63) is 23.8 Å². The highest BCUT2D eigenvalue weighted by Gasteiger charge is 2.28. The summed E-state index contributed by atoms with van der Waals surface area (Å²) in [6.45, 7) is 3.32. The smallest absolute Gasteiger partial charge is 0.126 e. The van der Waals surface area contributed by atoms with Crippen LogP contribution in [-0.4, -0.2) is 65.0 Å². The van der Waals surface area contributed by atoms with Crippen LogP contribution >= 0.6 is 0 Å². The molecule has 0 saturated carbocycles. The topological polar surface area (TPSA) is 147 Å². The molecular weight excluding hydrogens is 292 g/mol. The average Bonchev–Trinajstić information content (AvgIpc) is 2.57. The van der Waals surface area contributed by atoms with E-state index in [9.17, 15) is 30.6 Å². The van der Waals surface area contributed by atoms with Crippen LogP contribution in [0.2, 0.25) is 0 Å². The lowest BCUT2D eigenvalue weighted by molar-refractivity contribution is -0.0651. The summed E-state index contributed by atoms with van der Waals surface area (Å²) in [6, 6.07) is 0. The second-order valence-corrected chi connectivity index (χ2v) is 5.19. The first-order valence-electron chi connectivity index (χ1n) is 7.23. The number of hydrogen-bond donors (Lipinski definition) is 6. The minimum absolute atomic E-state index is 0.0291. The van der Waals surface area contributed by atoms with Gasteiger partial charge < -0.3 is 30.6 Å². The molecule has 0 fully saturated rings. The van der Waals surface area contributed by atoms with Crippen molar-refractivity contribution in [2.24, 2.45) is 0 Å². The molecule has 126 valence electrons. The summed E-state index contributed by atoms with van der Waals surface area (Å²) >= 11 is 0. The zero-order chi connectivity index (χ0) is 16.9. The van der Waals surface area contributed by atoms with Crippen molar-refractivity contribution in [2.45, 2.75) is 63.3 Å². The summed E-state index contributed by atoms with van der Waals surface area (Å²) in [6.07, 6.45) is -5.01. The molecule has 8 heteroatoms. The van der Waals surface area contributed by atoms with Crippen molar-refractivity contribution < 1.29 is 30.6 Å². The molecule has 1 aromatic rings. The number of aromatic nitrogens is 2. The minimum atomic E-state index is -1.42. The van der Waals surface area contributed by atoms with E-state index in [0.29, 0.717) is 0 Å². The minimum Gasteiger partial charge on any atom is -0.390 e.